The van der Waals surface area contributed by atoms with Crippen molar-refractivity contribution >= 4 is 17.9 Å². The first kappa shape index (κ1) is 34.1. The second-order valence-corrected chi connectivity index (χ2v) is 10.0. The molecule has 210 valence electrons. The monoisotopic (exact) mass is 511 g/mol. The summed E-state index contributed by atoms with van der Waals surface area (Å²) in [5.74, 6) is -3.65. The summed E-state index contributed by atoms with van der Waals surface area (Å²) in [6.07, 6.45) is 19.5. The third kappa shape index (κ3) is 11.4. The lowest BCUT2D eigenvalue weighted by molar-refractivity contribution is -0.974. The largest absolute Gasteiger partial charge is 0.544 e. The van der Waals surface area contributed by atoms with Crippen LogP contribution in [-0.2, 0) is 14.4 Å². The number of rotatable bonds is 24. The number of carboxylic acid groups (broad SMARTS) is 3. The Balaban J connectivity index is 4.83. The Labute approximate surface area is 219 Å². The van der Waals surface area contributed by atoms with Crippen molar-refractivity contribution < 1.29 is 34.2 Å². The van der Waals surface area contributed by atoms with Gasteiger partial charge in [0.05, 0.1) is 12.5 Å². The summed E-state index contributed by atoms with van der Waals surface area (Å²) in [7, 11) is 0. The predicted molar refractivity (Wildman–Crippen MR) is 142 cm³/mol. The average molecular weight is 512 g/mol. The van der Waals surface area contributed by atoms with Gasteiger partial charge in [-0.05, 0) is 32.1 Å². The number of unbranched alkanes of at least 4 members (excludes halogenated alkanes) is 11. The van der Waals surface area contributed by atoms with Crippen molar-refractivity contribution in [1.82, 2.24) is 0 Å². The van der Waals surface area contributed by atoms with Crippen molar-refractivity contribution in [2.45, 2.75) is 149 Å². The molecule has 0 aromatic heterocycles. The van der Waals surface area contributed by atoms with E-state index in [0.717, 1.165) is 32.1 Å². The van der Waals surface area contributed by atoms with Crippen LogP contribution in [0.1, 0.15) is 130 Å². The van der Waals surface area contributed by atoms with Gasteiger partial charge in [0, 0.05) is 19.3 Å². The van der Waals surface area contributed by atoms with Gasteiger partial charge in [0.15, 0.2) is 12.1 Å². The van der Waals surface area contributed by atoms with E-state index in [1.807, 2.05) is 0 Å². The molecule has 0 amide bonds. The fourth-order valence-corrected chi connectivity index (χ4v) is 5.79. The lowest BCUT2D eigenvalue weighted by Gasteiger charge is -2.51. The third-order valence-electron chi connectivity index (χ3n) is 7.56. The second kappa shape index (κ2) is 20.2. The number of carbonyl (C=O) groups is 3. The number of carbonyl (C=O) groups excluding carboxylic acids is 1. The molecule has 7 heteroatoms. The van der Waals surface area contributed by atoms with Crippen LogP contribution in [0.5, 0.6) is 0 Å². The summed E-state index contributed by atoms with van der Waals surface area (Å²) in [5.41, 5.74) is 0. The lowest BCUT2D eigenvalue weighted by Crippen LogP contribution is -2.73. The van der Waals surface area contributed by atoms with E-state index in [0.29, 0.717) is 6.42 Å². The zero-order chi connectivity index (χ0) is 27.4. The van der Waals surface area contributed by atoms with Gasteiger partial charge in [0.1, 0.15) is 6.04 Å². The molecule has 0 aromatic carbocycles. The van der Waals surface area contributed by atoms with Crippen molar-refractivity contribution in [3.63, 3.8) is 0 Å². The van der Waals surface area contributed by atoms with Gasteiger partial charge in [0.2, 0.25) is 0 Å². The molecule has 0 aliphatic heterocycles. The number of quaternary nitrogens is 1. The molecule has 0 saturated heterocycles. The molecule has 7 nitrogen and oxygen atoms in total. The minimum atomic E-state index is -1.37. The maximum absolute atomic E-state index is 12.2. The smallest absolute Gasteiger partial charge is 0.362 e. The van der Waals surface area contributed by atoms with Gasteiger partial charge in [-0.2, -0.15) is 0 Å². The number of hydrogen-bond acceptors (Lipinski definition) is 4. The molecule has 2 N–H and O–H groups in total. The Morgan fingerprint density at radius 1 is 0.639 bits per heavy atom. The Hall–Kier alpha value is -1.89. The van der Waals surface area contributed by atoms with Gasteiger partial charge in [-0.25, -0.2) is 9.59 Å². The number of hydrogen-bond donors (Lipinski definition) is 2. The van der Waals surface area contributed by atoms with Crippen molar-refractivity contribution in [1.29, 1.82) is 0 Å². The molecule has 0 radical (unpaired) electrons. The fourth-order valence-electron chi connectivity index (χ4n) is 5.79. The van der Waals surface area contributed by atoms with Gasteiger partial charge in [-0.3, -0.25) is 4.48 Å². The average Bonchev–Trinajstić information content (AvgIpc) is 2.82. The quantitative estimate of drug-likeness (QED) is 0.0975. The number of nitrogens with zero attached hydrogens (tertiary/aromatic N) is 1. The predicted octanol–water partition coefficient (Wildman–Crippen LogP) is 5.71. The van der Waals surface area contributed by atoms with Crippen LogP contribution < -0.4 is 5.11 Å². The molecule has 0 aromatic rings. The standard InChI is InChI=1S/C29H53NO6/c1-5-9-10-11-12-13-14-15-16-17-18-19-20-21-22-23-30(24(6-2)27(31)32,25(7-3)28(33)34)26(8-4)29(35)36/h9-10,24-26H,5-8,11-23H2,1-4H3,(H2-,31,32,33,34,35,36)/b10-9+. The zero-order valence-electron chi connectivity index (χ0n) is 23.4. The second-order valence-electron chi connectivity index (χ2n) is 10.0. The molecule has 0 bridgehead atoms. The maximum Gasteiger partial charge on any atom is 0.362 e. The molecule has 36 heavy (non-hydrogen) atoms. The van der Waals surface area contributed by atoms with Crippen molar-refractivity contribution in [3.8, 4) is 0 Å². The first-order valence-electron chi connectivity index (χ1n) is 14.4. The highest BCUT2D eigenvalue weighted by Gasteiger charge is 2.53. The lowest BCUT2D eigenvalue weighted by atomic mass is 9.93. The summed E-state index contributed by atoms with van der Waals surface area (Å²) in [4.78, 5) is 36.5. The Morgan fingerprint density at radius 2 is 1.03 bits per heavy atom. The minimum absolute atomic E-state index is 0.130. The first-order valence-corrected chi connectivity index (χ1v) is 14.4. The summed E-state index contributed by atoms with van der Waals surface area (Å²) in [5, 5.41) is 32.0. The van der Waals surface area contributed by atoms with Gasteiger partial charge >= 0.3 is 11.9 Å². The van der Waals surface area contributed by atoms with Crippen LogP contribution in [0.25, 0.3) is 0 Å². The summed E-state index contributed by atoms with van der Waals surface area (Å²) < 4.78 is -0.468. The van der Waals surface area contributed by atoms with Gasteiger partial charge in [-0.1, -0.05) is 91.2 Å². The Kier molecular flexibility index (Phi) is 19.1. The highest BCUT2D eigenvalue weighted by atomic mass is 16.4. The number of allylic oxidation sites excluding steroid dienone is 2. The molecule has 3 unspecified atom stereocenters. The van der Waals surface area contributed by atoms with E-state index in [4.69, 9.17) is 0 Å². The summed E-state index contributed by atoms with van der Waals surface area (Å²) in [6.45, 7) is 7.41. The molecule has 0 heterocycles. The van der Waals surface area contributed by atoms with Crippen LogP contribution in [0.2, 0.25) is 0 Å². The van der Waals surface area contributed by atoms with Crippen LogP contribution in [0.4, 0.5) is 0 Å². The van der Waals surface area contributed by atoms with E-state index >= 15 is 0 Å². The molecule has 0 saturated carbocycles. The molecule has 0 spiro atoms. The molecular weight excluding hydrogens is 458 g/mol. The van der Waals surface area contributed by atoms with Crippen LogP contribution in [0, 0.1) is 0 Å². The Morgan fingerprint density at radius 3 is 1.36 bits per heavy atom. The van der Waals surface area contributed by atoms with E-state index in [1.54, 1.807) is 20.8 Å². The summed E-state index contributed by atoms with van der Waals surface area (Å²) >= 11 is 0. The molecule has 0 rings (SSSR count). The van der Waals surface area contributed by atoms with Gasteiger partial charge < -0.3 is 20.1 Å². The van der Waals surface area contributed by atoms with Crippen molar-refractivity contribution in [3.05, 3.63) is 12.2 Å². The Bertz CT molecular complexity index is 593. The van der Waals surface area contributed by atoms with Crippen LogP contribution in [0.15, 0.2) is 12.2 Å². The molecular formula is C29H53NO6. The molecule has 0 fully saturated rings. The maximum atomic E-state index is 12.2. The molecule has 0 aliphatic carbocycles. The highest BCUT2D eigenvalue weighted by Crippen LogP contribution is 2.32. The van der Waals surface area contributed by atoms with Crippen molar-refractivity contribution in [2.24, 2.45) is 0 Å². The molecule has 0 aliphatic rings. The topological polar surface area (TPSA) is 115 Å². The number of aliphatic carboxylic acids is 3. The number of carboxylic acids is 3. The van der Waals surface area contributed by atoms with Gasteiger partial charge in [-0.15, -0.1) is 0 Å². The van der Waals surface area contributed by atoms with Crippen LogP contribution >= 0.6 is 0 Å². The van der Waals surface area contributed by atoms with E-state index in [1.165, 1.54) is 44.9 Å². The SMILES string of the molecule is CC/C=C/CCCCCCCCCCCCC[N+](C(CC)C(=O)[O-])(C(CC)C(=O)O)C(CC)C(=O)O. The first-order chi connectivity index (χ1) is 17.2. The zero-order valence-corrected chi connectivity index (χ0v) is 23.4. The van der Waals surface area contributed by atoms with E-state index in [2.05, 4.69) is 19.1 Å². The fraction of sp³-hybridized carbons (Fsp3) is 0.828. The van der Waals surface area contributed by atoms with Crippen LogP contribution in [0.3, 0.4) is 0 Å². The third-order valence-corrected chi connectivity index (χ3v) is 7.56. The molecule has 3 atom stereocenters. The van der Waals surface area contributed by atoms with E-state index in [9.17, 15) is 29.7 Å². The van der Waals surface area contributed by atoms with Gasteiger partial charge in [0.25, 0.3) is 0 Å². The van der Waals surface area contributed by atoms with Crippen molar-refractivity contribution in [2.75, 3.05) is 6.54 Å². The minimum Gasteiger partial charge on any atom is -0.544 e. The normalized spacial score (nSPS) is 15.9. The van der Waals surface area contributed by atoms with Crippen LogP contribution in [-0.4, -0.2) is 57.3 Å². The highest BCUT2D eigenvalue weighted by molar-refractivity contribution is 5.77. The summed E-state index contributed by atoms with van der Waals surface area (Å²) in [6, 6.07) is -3.37. The van der Waals surface area contributed by atoms with E-state index in [-0.39, 0.29) is 25.8 Å². The van der Waals surface area contributed by atoms with E-state index < -0.39 is 40.5 Å².